The number of nitrogens with one attached hydrogen (secondary N) is 1. The van der Waals surface area contributed by atoms with Gasteiger partial charge in [-0.05, 0) is 25.2 Å². The van der Waals surface area contributed by atoms with Crippen molar-refractivity contribution < 1.29 is 4.79 Å². The fourth-order valence-corrected chi connectivity index (χ4v) is 1.39. The van der Waals surface area contributed by atoms with Crippen LogP contribution < -0.4 is 5.32 Å². The van der Waals surface area contributed by atoms with Crippen LogP contribution in [0.25, 0.3) is 0 Å². The first-order chi connectivity index (χ1) is 6.10. The van der Waals surface area contributed by atoms with Crippen LogP contribution in [-0.2, 0) is 4.79 Å². The fourth-order valence-electron chi connectivity index (χ4n) is 1.39. The Labute approximate surface area is 79.1 Å². The van der Waals surface area contributed by atoms with Crippen molar-refractivity contribution in [2.45, 2.75) is 33.1 Å². The van der Waals surface area contributed by atoms with Gasteiger partial charge in [0.25, 0.3) is 0 Å². The fraction of sp³-hybridized carbons (Fsp3) is 0.800. The second-order valence-corrected chi connectivity index (χ2v) is 4.15. The third-order valence-electron chi connectivity index (χ3n) is 2.53. The molecule has 1 amide bonds. The van der Waals surface area contributed by atoms with E-state index in [2.05, 4.69) is 11.4 Å². The van der Waals surface area contributed by atoms with Gasteiger partial charge in [0, 0.05) is 6.54 Å². The van der Waals surface area contributed by atoms with E-state index < -0.39 is 5.41 Å². The molecule has 0 aromatic heterocycles. The number of rotatable bonds is 3. The molecule has 0 radical (unpaired) electrons. The highest BCUT2D eigenvalue weighted by atomic mass is 16.2. The molecule has 1 saturated carbocycles. The maximum atomic E-state index is 11.5. The molecule has 1 aliphatic rings. The van der Waals surface area contributed by atoms with E-state index in [1.165, 1.54) is 0 Å². The molecule has 0 aromatic rings. The van der Waals surface area contributed by atoms with Gasteiger partial charge in [-0.1, -0.05) is 13.8 Å². The van der Waals surface area contributed by atoms with Crippen LogP contribution in [0.5, 0.6) is 0 Å². The Morgan fingerprint density at radius 3 is 2.54 bits per heavy atom. The molecule has 0 spiro atoms. The molecule has 1 aliphatic carbocycles. The van der Waals surface area contributed by atoms with Crippen LogP contribution in [0.2, 0.25) is 0 Å². The third-order valence-corrected chi connectivity index (χ3v) is 2.53. The molecular formula is C10H16N2O. The molecule has 0 bridgehead atoms. The zero-order valence-corrected chi connectivity index (χ0v) is 8.26. The summed E-state index contributed by atoms with van der Waals surface area (Å²) >= 11 is 0. The third kappa shape index (κ3) is 2.00. The first-order valence-electron chi connectivity index (χ1n) is 4.80. The lowest BCUT2D eigenvalue weighted by Gasteiger charge is -2.33. The van der Waals surface area contributed by atoms with Gasteiger partial charge in [-0.3, -0.25) is 4.79 Å². The lowest BCUT2D eigenvalue weighted by molar-refractivity contribution is -0.131. The van der Waals surface area contributed by atoms with E-state index in [1.807, 2.05) is 13.8 Å². The molecule has 72 valence electrons. The quantitative estimate of drug-likeness (QED) is 0.714. The molecule has 13 heavy (non-hydrogen) atoms. The number of nitriles is 1. The van der Waals surface area contributed by atoms with Crippen LogP contribution in [0.1, 0.15) is 33.1 Å². The van der Waals surface area contributed by atoms with Gasteiger partial charge in [0.15, 0.2) is 0 Å². The van der Waals surface area contributed by atoms with E-state index in [-0.39, 0.29) is 5.91 Å². The minimum absolute atomic E-state index is 0.0741. The molecule has 0 heterocycles. The zero-order valence-electron chi connectivity index (χ0n) is 8.26. The van der Waals surface area contributed by atoms with Crippen molar-refractivity contribution in [2.24, 2.45) is 11.3 Å². The van der Waals surface area contributed by atoms with E-state index in [0.717, 1.165) is 19.3 Å². The van der Waals surface area contributed by atoms with Crippen molar-refractivity contribution in [3.05, 3.63) is 0 Å². The molecule has 0 aromatic carbocycles. The first-order valence-corrected chi connectivity index (χ1v) is 4.80. The van der Waals surface area contributed by atoms with E-state index in [1.54, 1.807) is 0 Å². The van der Waals surface area contributed by atoms with Crippen molar-refractivity contribution in [1.82, 2.24) is 5.32 Å². The number of amides is 1. The molecule has 3 heteroatoms. The standard InChI is InChI=1S/C10H16N2O/c1-8(2)6-12-9(13)10(7-11)4-3-5-10/h8H,3-6H2,1-2H3,(H,12,13). The van der Waals surface area contributed by atoms with Gasteiger partial charge in [-0.2, -0.15) is 5.26 Å². The number of carbonyl (C=O) groups is 1. The van der Waals surface area contributed by atoms with Gasteiger partial charge in [0.05, 0.1) is 6.07 Å². The Morgan fingerprint density at radius 2 is 2.23 bits per heavy atom. The van der Waals surface area contributed by atoms with Crippen LogP contribution in [0.15, 0.2) is 0 Å². The van der Waals surface area contributed by atoms with Gasteiger partial charge in [-0.15, -0.1) is 0 Å². The first kappa shape index (κ1) is 10.0. The zero-order chi connectivity index (χ0) is 9.90. The van der Waals surface area contributed by atoms with E-state index in [4.69, 9.17) is 5.26 Å². The highest BCUT2D eigenvalue weighted by molar-refractivity contribution is 5.86. The van der Waals surface area contributed by atoms with Crippen molar-refractivity contribution in [3.8, 4) is 6.07 Å². The Morgan fingerprint density at radius 1 is 1.62 bits per heavy atom. The Balaban J connectivity index is 2.43. The van der Waals surface area contributed by atoms with Gasteiger partial charge >= 0.3 is 0 Å². The van der Waals surface area contributed by atoms with E-state index in [9.17, 15) is 4.79 Å². The van der Waals surface area contributed by atoms with Gasteiger partial charge in [0.2, 0.25) is 5.91 Å². The van der Waals surface area contributed by atoms with Gasteiger partial charge < -0.3 is 5.32 Å². The number of hydrogen-bond acceptors (Lipinski definition) is 2. The molecule has 1 fully saturated rings. The number of carbonyl (C=O) groups excluding carboxylic acids is 1. The average Bonchev–Trinajstić information content (AvgIpc) is 2.00. The van der Waals surface area contributed by atoms with Gasteiger partial charge in [0.1, 0.15) is 5.41 Å². The summed E-state index contributed by atoms with van der Waals surface area (Å²) in [6.07, 6.45) is 2.46. The summed E-state index contributed by atoms with van der Waals surface area (Å²) < 4.78 is 0. The minimum atomic E-state index is -0.686. The van der Waals surface area contributed by atoms with Crippen molar-refractivity contribution in [3.63, 3.8) is 0 Å². The van der Waals surface area contributed by atoms with Crippen LogP contribution in [0, 0.1) is 22.7 Å². The normalized spacial score (nSPS) is 18.9. The van der Waals surface area contributed by atoms with E-state index in [0.29, 0.717) is 12.5 Å². The molecule has 0 atom stereocenters. The maximum Gasteiger partial charge on any atom is 0.240 e. The highest BCUT2D eigenvalue weighted by Gasteiger charge is 2.44. The van der Waals surface area contributed by atoms with Crippen LogP contribution in [0.3, 0.4) is 0 Å². The second kappa shape index (κ2) is 3.78. The van der Waals surface area contributed by atoms with Crippen molar-refractivity contribution >= 4 is 5.91 Å². The summed E-state index contributed by atoms with van der Waals surface area (Å²) in [6, 6.07) is 2.13. The molecule has 1 rings (SSSR count). The highest BCUT2D eigenvalue weighted by Crippen LogP contribution is 2.40. The lowest BCUT2D eigenvalue weighted by Crippen LogP contribution is -2.45. The van der Waals surface area contributed by atoms with Crippen LogP contribution in [-0.4, -0.2) is 12.5 Å². The molecular weight excluding hydrogens is 164 g/mol. The summed E-state index contributed by atoms with van der Waals surface area (Å²) in [4.78, 5) is 11.5. The van der Waals surface area contributed by atoms with Gasteiger partial charge in [-0.25, -0.2) is 0 Å². The summed E-state index contributed by atoms with van der Waals surface area (Å²) in [7, 11) is 0. The molecule has 3 nitrogen and oxygen atoms in total. The molecule has 0 saturated heterocycles. The minimum Gasteiger partial charge on any atom is -0.354 e. The molecule has 0 unspecified atom stereocenters. The molecule has 1 N–H and O–H groups in total. The number of hydrogen-bond donors (Lipinski definition) is 1. The topological polar surface area (TPSA) is 52.9 Å². The Hall–Kier alpha value is -1.04. The maximum absolute atomic E-state index is 11.5. The summed E-state index contributed by atoms with van der Waals surface area (Å²) in [5, 5.41) is 11.7. The Kier molecular flexibility index (Phi) is 2.92. The monoisotopic (exact) mass is 180 g/mol. The predicted molar refractivity (Wildman–Crippen MR) is 49.7 cm³/mol. The lowest BCUT2D eigenvalue weighted by atomic mass is 9.69. The van der Waals surface area contributed by atoms with Crippen LogP contribution >= 0.6 is 0 Å². The summed E-state index contributed by atoms with van der Waals surface area (Å²) in [5.41, 5.74) is -0.686. The van der Waals surface area contributed by atoms with Crippen molar-refractivity contribution in [2.75, 3.05) is 6.54 Å². The molecule has 0 aliphatic heterocycles. The largest absolute Gasteiger partial charge is 0.354 e. The van der Waals surface area contributed by atoms with Crippen LogP contribution in [0.4, 0.5) is 0 Å². The second-order valence-electron chi connectivity index (χ2n) is 4.15. The van der Waals surface area contributed by atoms with Crippen molar-refractivity contribution in [1.29, 1.82) is 5.26 Å². The smallest absolute Gasteiger partial charge is 0.240 e. The summed E-state index contributed by atoms with van der Waals surface area (Å²) in [5.74, 6) is 0.370. The predicted octanol–water partition coefficient (Wildman–Crippen LogP) is 1.45. The average molecular weight is 180 g/mol. The van der Waals surface area contributed by atoms with E-state index >= 15 is 0 Å². The summed E-state index contributed by atoms with van der Waals surface area (Å²) in [6.45, 7) is 4.75. The SMILES string of the molecule is CC(C)CNC(=O)C1(C#N)CCC1. The number of nitrogens with zero attached hydrogens (tertiary/aromatic N) is 1. The Bertz CT molecular complexity index is 236.